The predicted molar refractivity (Wildman–Crippen MR) is 84.1 cm³/mol. The van der Waals surface area contributed by atoms with Crippen molar-refractivity contribution in [2.75, 3.05) is 13.1 Å². The summed E-state index contributed by atoms with van der Waals surface area (Å²) in [5.41, 5.74) is -0.527. The molecule has 1 saturated heterocycles. The maximum absolute atomic E-state index is 13.8. The van der Waals surface area contributed by atoms with Gasteiger partial charge in [-0.05, 0) is 13.8 Å². The molecule has 1 amide bonds. The van der Waals surface area contributed by atoms with E-state index in [0.29, 0.717) is 25.2 Å². The van der Waals surface area contributed by atoms with E-state index in [0.717, 1.165) is 0 Å². The number of nitrogens with one attached hydrogen (secondary N) is 1. The van der Waals surface area contributed by atoms with Crippen molar-refractivity contribution in [2.45, 2.75) is 39.1 Å². The summed E-state index contributed by atoms with van der Waals surface area (Å²) in [6.07, 6.45) is -0.691. The van der Waals surface area contributed by atoms with Crippen LogP contribution in [0.5, 0.6) is 5.75 Å². The van der Waals surface area contributed by atoms with Crippen LogP contribution < -0.4 is 10.1 Å². The van der Waals surface area contributed by atoms with E-state index in [9.17, 15) is 22.4 Å². The van der Waals surface area contributed by atoms with Gasteiger partial charge in [-0.3, -0.25) is 0 Å². The molecule has 0 spiro atoms. The Bertz CT molecular complexity index is 573. The highest BCUT2D eigenvalue weighted by molar-refractivity contribution is 5.85. The topological polar surface area (TPSA) is 50.8 Å². The van der Waals surface area contributed by atoms with E-state index < -0.39 is 42.3 Å². The number of hydrogen-bond donors (Lipinski definition) is 1. The third-order valence-electron chi connectivity index (χ3n) is 3.72. The van der Waals surface area contributed by atoms with Gasteiger partial charge in [0.05, 0.1) is 5.56 Å². The molecule has 0 radical (unpaired) electrons. The molecule has 1 fully saturated rings. The third kappa shape index (κ3) is 5.37. The van der Waals surface area contributed by atoms with Gasteiger partial charge in [0, 0.05) is 37.3 Å². The van der Waals surface area contributed by atoms with Crippen LogP contribution in [0.1, 0.15) is 19.4 Å². The number of benzene rings is 1. The second kappa shape index (κ2) is 9.10. The molecule has 2 rings (SSSR count). The fourth-order valence-electron chi connectivity index (χ4n) is 2.59. The lowest BCUT2D eigenvalue weighted by Gasteiger charge is -2.38. The van der Waals surface area contributed by atoms with E-state index in [2.05, 4.69) is 10.1 Å². The van der Waals surface area contributed by atoms with E-state index in [4.69, 9.17) is 4.74 Å². The van der Waals surface area contributed by atoms with E-state index >= 15 is 0 Å². The van der Waals surface area contributed by atoms with E-state index in [1.54, 1.807) is 0 Å². The molecule has 1 aromatic rings. The van der Waals surface area contributed by atoms with Gasteiger partial charge in [-0.1, -0.05) is 0 Å². The summed E-state index contributed by atoms with van der Waals surface area (Å²) in [4.78, 5) is 13.6. The summed E-state index contributed by atoms with van der Waals surface area (Å²) in [5.74, 6) is -2.89. The molecule has 1 aromatic carbocycles. The molecule has 142 valence electrons. The lowest BCUT2D eigenvalue weighted by atomic mass is 10.1. The fraction of sp³-hybridized carbons (Fsp3) is 0.533. The Balaban J connectivity index is 0.00000312. The minimum Gasteiger partial charge on any atom is -0.444 e. The van der Waals surface area contributed by atoms with Crippen LogP contribution in [0.3, 0.4) is 0 Å². The Kier molecular flexibility index (Phi) is 7.75. The second-order valence-electron chi connectivity index (χ2n) is 5.56. The van der Waals surface area contributed by atoms with Crippen molar-refractivity contribution in [1.29, 1.82) is 0 Å². The Morgan fingerprint density at radius 3 is 2.24 bits per heavy atom. The van der Waals surface area contributed by atoms with Crippen molar-refractivity contribution >= 4 is 18.5 Å². The van der Waals surface area contributed by atoms with Gasteiger partial charge in [0.1, 0.15) is 24.0 Å². The second-order valence-corrected chi connectivity index (χ2v) is 5.56. The summed E-state index contributed by atoms with van der Waals surface area (Å²) in [6.45, 7) is 0.977. The quantitative estimate of drug-likeness (QED) is 0.807. The van der Waals surface area contributed by atoms with E-state index in [1.165, 1.54) is 4.90 Å². The molecule has 1 aliphatic rings. The molecule has 0 bridgehead atoms. The highest BCUT2D eigenvalue weighted by atomic mass is 35.5. The number of rotatable bonds is 4. The number of hydrogen-bond acceptors (Lipinski definition) is 4. The van der Waals surface area contributed by atoms with Crippen LogP contribution in [-0.2, 0) is 11.3 Å². The number of alkyl halides is 2. The normalized spacial score (nSPS) is 20.2. The molecule has 1 heterocycles. The average Bonchev–Trinajstić information content (AvgIpc) is 2.45. The van der Waals surface area contributed by atoms with E-state index in [1.807, 2.05) is 13.8 Å². The highest BCUT2D eigenvalue weighted by Gasteiger charge is 2.30. The van der Waals surface area contributed by atoms with Crippen molar-refractivity contribution in [1.82, 2.24) is 10.2 Å². The van der Waals surface area contributed by atoms with Crippen LogP contribution in [0, 0.1) is 11.6 Å². The molecule has 10 heteroatoms. The molecular weight excluding hydrogens is 368 g/mol. The van der Waals surface area contributed by atoms with Gasteiger partial charge >= 0.3 is 12.7 Å². The van der Waals surface area contributed by atoms with Gasteiger partial charge in [0.2, 0.25) is 0 Å². The molecule has 0 aromatic heterocycles. The van der Waals surface area contributed by atoms with Crippen LogP contribution >= 0.6 is 12.4 Å². The zero-order valence-electron chi connectivity index (χ0n) is 13.6. The zero-order chi connectivity index (χ0) is 17.9. The summed E-state index contributed by atoms with van der Waals surface area (Å²) in [5, 5.41) is 3.14. The first-order chi connectivity index (χ1) is 11.3. The van der Waals surface area contributed by atoms with Gasteiger partial charge in [-0.2, -0.15) is 8.78 Å². The van der Waals surface area contributed by atoms with Gasteiger partial charge < -0.3 is 19.7 Å². The number of piperazine rings is 1. The number of amides is 1. The maximum atomic E-state index is 13.8. The van der Waals surface area contributed by atoms with Crippen molar-refractivity contribution < 1.29 is 31.8 Å². The number of nitrogens with zero attached hydrogens (tertiary/aromatic N) is 1. The first-order valence-electron chi connectivity index (χ1n) is 7.38. The zero-order valence-corrected chi connectivity index (χ0v) is 14.4. The summed E-state index contributed by atoms with van der Waals surface area (Å²) in [6, 6.07) is 0.985. The molecule has 0 aliphatic carbocycles. The van der Waals surface area contributed by atoms with Crippen molar-refractivity contribution in [3.8, 4) is 5.75 Å². The fourth-order valence-corrected chi connectivity index (χ4v) is 2.59. The van der Waals surface area contributed by atoms with Gasteiger partial charge in [-0.25, -0.2) is 13.6 Å². The number of carbonyl (C=O) groups excluding carboxylic acids is 1. The van der Waals surface area contributed by atoms with Crippen LogP contribution in [0.15, 0.2) is 12.1 Å². The summed E-state index contributed by atoms with van der Waals surface area (Å²) >= 11 is 0. The van der Waals surface area contributed by atoms with Crippen molar-refractivity contribution in [3.63, 3.8) is 0 Å². The lowest BCUT2D eigenvalue weighted by Crippen LogP contribution is -2.57. The van der Waals surface area contributed by atoms with Crippen LogP contribution in [-0.4, -0.2) is 42.8 Å². The highest BCUT2D eigenvalue weighted by Crippen LogP contribution is 2.23. The molecule has 25 heavy (non-hydrogen) atoms. The largest absolute Gasteiger partial charge is 0.444 e. The smallest absolute Gasteiger partial charge is 0.410 e. The average molecular weight is 387 g/mol. The Labute approximate surface area is 148 Å². The molecule has 2 unspecified atom stereocenters. The first kappa shape index (κ1) is 21.3. The number of ether oxygens (including phenoxy) is 2. The SMILES string of the molecule is CC1CNCC(C)N1C(=O)OCc1c(F)cc(OC(F)F)cc1F.Cl. The maximum Gasteiger partial charge on any atom is 0.410 e. The summed E-state index contributed by atoms with van der Waals surface area (Å²) < 4.78 is 60.7. The molecule has 1 aliphatic heterocycles. The first-order valence-corrected chi connectivity index (χ1v) is 7.38. The Morgan fingerprint density at radius 1 is 1.24 bits per heavy atom. The van der Waals surface area contributed by atoms with Gasteiger partial charge in [-0.15, -0.1) is 12.4 Å². The van der Waals surface area contributed by atoms with E-state index in [-0.39, 0.29) is 24.5 Å². The Morgan fingerprint density at radius 2 is 1.76 bits per heavy atom. The number of halogens is 5. The molecule has 2 atom stereocenters. The third-order valence-corrected chi connectivity index (χ3v) is 3.72. The molecule has 1 N–H and O–H groups in total. The number of carbonyl (C=O) groups is 1. The van der Waals surface area contributed by atoms with Crippen LogP contribution in [0.4, 0.5) is 22.4 Å². The van der Waals surface area contributed by atoms with Gasteiger partial charge in [0.25, 0.3) is 0 Å². The standard InChI is InChI=1S/C15H18F4N2O3.ClH/c1-8-5-20-6-9(2)21(8)15(22)23-7-11-12(16)3-10(4-13(11)17)24-14(18)19;/h3-4,8-9,14,20H,5-7H2,1-2H3;1H. The van der Waals surface area contributed by atoms with Crippen molar-refractivity contribution in [2.24, 2.45) is 0 Å². The van der Waals surface area contributed by atoms with Crippen LogP contribution in [0.2, 0.25) is 0 Å². The monoisotopic (exact) mass is 386 g/mol. The molecule has 0 saturated carbocycles. The molecule has 5 nitrogen and oxygen atoms in total. The predicted octanol–water partition coefficient (Wildman–Crippen LogP) is 3.31. The van der Waals surface area contributed by atoms with Crippen molar-refractivity contribution in [3.05, 3.63) is 29.3 Å². The summed E-state index contributed by atoms with van der Waals surface area (Å²) in [7, 11) is 0. The lowest BCUT2D eigenvalue weighted by molar-refractivity contribution is -0.0501. The van der Waals surface area contributed by atoms with Crippen LogP contribution in [0.25, 0.3) is 0 Å². The molecular formula is C15H19ClF4N2O3. The minimum absolute atomic E-state index is 0. The van der Waals surface area contributed by atoms with Gasteiger partial charge in [0.15, 0.2) is 0 Å². The Hall–Kier alpha value is -1.74. The minimum atomic E-state index is -3.19.